The number of ether oxygens (including phenoxy) is 1. The molecule has 0 amide bonds. The third kappa shape index (κ3) is 3.73. The van der Waals surface area contributed by atoms with E-state index in [4.69, 9.17) is 10.1 Å². The molecule has 2 rings (SSSR count). The van der Waals surface area contributed by atoms with Gasteiger partial charge in [-0.15, -0.1) is 0 Å². The lowest BCUT2D eigenvalue weighted by Crippen LogP contribution is -2.35. The molecule has 4 nitrogen and oxygen atoms in total. The van der Waals surface area contributed by atoms with Gasteiger partial charge in [-0.2, -0.15) is 0 Å². The number of nitrogens with zero attached hydrogens (tertiary/aromatic N) is 2. The molecule has 1 fully saturated rings. The smallest absolute Gasteiger partial charge is 0.128 e. The van der Waals surface area contributed by atoms with Crippen LogP contribution in [0.1, 0.15) is 24.8 Å². The molecule has 0 spiro atoms. The summed E-state index contributed by atoms with van der Waals surface area (Å²) >= 11 is 0. The molecule has 1 aromatic carbocycles. The van der Waals surface area contributed by atoms with Crippen LogP contribution in [0.25, 0.3) is 0 Å². The molecule has 1 aliphatic rings. The topological polar surface area (TPSA) is 39.6 Å². The highest BCUT2D eigenvalue weighted by molar-refractivity contribution is 5.97. The third-order valence-electron chi connectivity index (χ3n) is 3.86. The average molecular weight is 275 g/mol. The number of likely N-dealkylation sites (tertiary alicyclic amines) is 1. The molecule has 1 aromatic rings. The van der Waals surface area contributed by atoms with Gasteiger partial charge in [-0.25, -0.2) is 0 Å². The minimum atomic E-state index is 0.659. The second-order valence-corrected chi connectivity index (χ2v) is 5.36. The van der Waals surface area contributed by atoms with Gasteiger partial charge in [0.25, 0.3) is 0 Å². The van der Waals surface area contributed by atoms with Crippen molar-refractivity contribution in [3.8, 4) is 0 Å². The zero-order chi connectivity index (χ0) is 14.4. The first-order valence-electron chi connectivity index (χ1n) is 7.36. The summed E-state index contributed by atoms with van der Waals surface area (Å²) in [5.74, 6) is 0.659. The molecule has 0 atom stereocenters. The summed E-state index contributed by atoms with van der Waals surface area (Å²) in [6, 6.07) is 8.26. The Morgan fingerprint density at radius 1 is 1.30 bits per heavy atom. The molecule has 1 heterocycles. The van der Waals surface area contributed by atoms with Gasteiger partial charge in [0.05, 0.1) is 6.61 Å². The van der Waals surface area contributed by atoms with Gasteiger partial charge < -0.3 is 14.5 Å². The molecular formula is C16H25N3O. The summed E-state index contributed by atoms with van der Waals surface area (Å²) in [6.45, 7) is 3.60. The summed E-state index contributed by atoms with van der Waals surface area (Å²) < 4.78 is 5.11. The van der Waals surface area contributed by atoms with Crippen molar-refractivity contribution in [1.29, 1.82) is 5.41 Å². The van der Waals surface area contributed by atoms with E-state index in [2.05, 4.69) is 29.0 Å². The number of piperidine rings is 1. The first kappa shape index (κ1) is 14.9. The van der Waals surface area contributed by atoms with Crippen molar-refractivity contribution in [2.24, 2.45) is 0 Å². The predicted molar refractivity (Wildman–Crippen MR) is 83.8 cm³/mol. The van der Waals surface area contributed by atoms with Gasteiger partial charge >= 0.3 is 0 Å². The Kier molecular flexibility index (Phi) is 5.41. The second-order valence-electron chi connectivity index (χ2n) is 5.36. The van der Waals surface area contributed by atoms with Crippen LogP contribution in [0.2, 0.25) is 0 Å². The van der Waals surface area contributed by atoms with Crippen LogP contribution in [-0.2, 0) is 4.74 Å². The van der Waals surface area contributed by atoms with E-state index in [0.29, 0.717) is 12.4 Å². The van der Waals surface area contributed by atoms with E-state index >= 15 is 0 Å². The molecule has 1 saturated heterocycles. The SMILES string of the molecule is COCCN(C)c1cccc(C(=N)N2CCCCC2)c1. The maximum Gasteiger partial charge on any atom is 0.128 e. The van der Waals surface area contributed by atoms with Crippen molar-refractivity contribution in [2.75, 3.05) is 45.3 Å². The van der Waals surface area contributed by atoms with Crippen LogP contribution in [0.5, 0.6) is 0 Å². The van der Waals surface area contributed by atoms with Gasteiger partial charge in [-0.1, -0.05) is 12.1 Å². The van der Waals surface area contributed by atoms with Gasteiger partial charge in [-0.3, -0.25) is 5.41 Å². The van der Waals surface area contributed by atoms with E-state index < -0.39 is 0 Å². The highest BCUT2D eigenvalue weighted by Gasteiger charge is 2.15. The standard InChI is InChI=1S/C16H25N3O/c1-18(11-12-20-2)15-8-6-7-14(13-15)16(17)19-9-4-3-5-10-19/h6-8,13,17H,3-5,9-12H2,1-2H3. The zero-order valence-corrected chi connectivity index (χ0v) is 12.6. The van der Waals surface area contributed by atoms with Gasteiger partial charge in [0.1, 0.15) is 5.84 Å². The summed E-state index contributed by atoms with van der Waals surface area (Å²) in [7, 11) is 3.78. The number of likely N-dealkylation sites (N-methyl/N-ethyl adjacent to an activating group) is 1. The van der Waals surface area contributed by atoms with E-state index in [1.807, 2.05) is 12.1 Å². The van der Waals surface area contributed by atoms with Crippen LogP contribution in [0.15, 0.2) is 24.3 Å². The first-order chi connectivity index (χ1) is 9.72. The molecule has 0 unspecified atom stereocenters. The van der Waals surface area contributed by atoms with Crippen molar-refractivity contribution in [3.05, 3.63) is 29.8 Å². The quantitative estimate of drug-likeness (QED) is 0.663. The third-order valence-corrected chi connectivity index (χ3v) is 3.86. The number of nitrogens with one attached hydrogen (secondary N) is 1. The van der Waals surface area contributed by atoms with Gasteiger partial charge in [0, 0.05) is 45.0 Å². The molecule has 4 heteroatoms. The van der Waals surface area contributed by atoms with E-state index in [-0.39, 0.29) is 0 Å². The molecule has 0 radical (unpaired) electrons. The monoisotopic (exact) mass is 275 g/mol. The first-order valence-corrected chi connectivity index (χ1v) is 7.36. The number of hydrogen-bond donors (Lipinski definition) is 1. The van der Waals surface area contributed by atoms with Crippen LogP contribution in [0, 0.1) is 5.41 Å². The van der Waals surface area contributed by atoms with E-state index in [0.717, 1.165) is 30.9 Å². The Morgan fingerprint density at radius 3 is 2.75 bits per heavy atom. The van der Waals surface area contributed by atoms with Gasteiger partial charge in [0.2, 0.25) is 0 Å². The molecule has 0 bridgehead atoms. The zero-order valence-electron chi connectivity index (χ0n) is 12.6. The predicted octanol–water partition coefficient (Wildman–Crippen LogP) is 2.58. The lowest BCUT2D eigenvalue weighted by atomic mass is 10.1. The number of benzene rings is 1. The van der Waals surface area contributed by atoms with Crippen molar-refractivity contribution in [2.45, 2.75) is 19.3 Å². The summed E-state index contributed by atoms with van der Waals surface area (Å²) in [6.07, 6.45) is 3.70. The number of anilines is 1. The highest BCUT2D eigenvalue weighted by Crippen LogP contribution is 2.18. The minimum absolute atomic E-state index is 0.659. The lowest BCUT2D eigenvalue weighted by molar-refractivity contribution is 0.206. The number of amidine groups is 1. The Labute approximate surface area is 121 Å². The molecule has 0 aromatic heterocycles. The van der Waals surface area contributed by atoms with E-state index in [9.17, 15) is 0 Å². The fraction of sp³-hybridized carbons (Fsp3) is 0.562. The Morgan fingerprint density at radius 2 is 2.05 bits per heavy atom. The van der Waals surface area contributed by atoms with Crippen molar-refractivity contribution in [1.82, 2.24) is 4.90 Å². The van der Waals surface area contributed by atoms with Crippen molar-refractivity contribution >= 4 is 11.5 Å². The highest BCUT2D eigenvalue weighted by atomic mass is 16.5. The molecule has 0 saturated carbocycles. The van der Waals surface area contributed by atoms with Crippen LogP contribution in [-0.4, -0.2) is 51.1 Å². The van der Waals surface area contributed by atoms with Crippen LogP contribution < -0.4 is 4.90 Å². The van der Waals surface area contributed by atoms with Crippen molar-refractivity contribution < 1.29 is 4.74 Å². The Hall–Kier alpha value is -1.55. The number of rotatable bonds is 5. The average Bonchev–Trinajstić information content (AvgIpc) is 2.52. The molecule has 20 heavy (non-hydrogen) atoms. The summed E-state index contributed by atoms with van der Waals surface area (Å²) in [5, 5.41) is 8.38. The maximum absolute atomic E-state index is 8.38. The summed E-state index contributed by atoms with van der Waals surface area (Å²) in [5.41, 5.74) is 2.15. The van der Waals surface area contributed by atoms with Crippen LogP contribution in [0.3, 0.4) is 0 Å². The Bertz CT molecular complexity index is 441. The van der Waals surface area contributed by atoms with Gasteiger partial charge in [-0.05, 0) is 31.4 Å². The normalized spacial score (nSPS) is 15.2. The Balaban J connectivity index is 2.06. The number of methoxy groups -OCH3 is 1. The van der Waals surface area contributed by atoms with Crippen molar-refractivity contribution in [3.63, 3.8) is 0 Å². The lowest BCUT2D eigenvalue weighted by Gasteiger charge is -2.29. The number of hydrogen-bond acceptors (Lipinski definition) is 3. The maximum atomic E-state index is 8.38. The largest absolute Gasteiger partial charge is 0.383 e. The molecule has 1 aliphatic heterocycles. The second kappa shape index (κ2) is 7.29. The fourth-order valence-corrected chi connectivity index (χ4v) is 2.55. The van der Waals surface area contributed by atoms with E-state index in [1.54, 1.807) is 7.11 Å². The van der Waals surface area contributed by atoms with E-state index in [1.165, 1.54) is 19.3 Å². The molecular weight excluding hydrogens is 250 g/mol. The van der Waals surface area contributed by atoms with Gasteiger partial charge in [0.15, 0.2) is 0 Å². The van der Waals surface area contributed by atoms with Crippen LogP contribution >= 0.6 is 0 Å². The summed E-state index contributed by atoms with van der Waals surface area (Å²) in [4.78, 5) is 4.36. The van der Waals surface area contributed by atoms with Crippen LogP contribution in [0.4, 0.5) is 5.69 Å². The molecule has 1 N–H and O–H groups in total. The molecule has 110 valence electrons. The molecule has 0 aliphatic carbocycles. The fourth-order valence-electron chi connectivity index (χ4n) is 2.55. The minimum Gasteiger partial charge on any atom is -0.383 e.